The van der Waals surface area contributed by atoms with E-state index in [1.165, 1.54) is 0 Å². The van der Waals surface area contributed by atoms with Crippen LogP contribution in [0.2, 0.25) is 0 Å². The first-order valence-electron chi connectivity index (χ1n) is 7.45. The van der Waals surface area contributed by atoms with E-state index in [0.29, 0.717) is 5.69 Å². The van der Waals surface area contributed by atoms with Crippen LogP contribution in [-0.2, 0) is 11.3 Å². The van der Waals surface area contributed by atoms with Crippen molar-refractivity contribution >= 4 is 21.9 Å². The van der Waals surface area contributed by atoms with Gasteiger partial charge in [0.2, 0.25) is 0 Å². The third-order valence-corrected chi connectivity index (χ3v) is 4.14. The Hall–Kier alpha value is -2.47. The van der Waals surface area contributed by atoms with E-state index in [1.54, 1.807) is 11.6 Å². The number of hydrogen-bond acceptors (Lipinski definition) is 4. The zero-order valence-electron chi connectivity index (χ0n) is 13.4. The largest absolute Gasteiger partial charge is 0.456 e. The molecule has 0 saturated carbocycles. The molecule has 0 aliphatic heterocycles. The molecule has 3 aromatic rings. The molecule has 24 heavy (non-hydrogen) atoms. The molecular weight excluding hydrogens is 370 g/mol. The first-order valence-corrected chi connectivity index (χ1v) is 8.25. The highest BCUT2D eigenvalue weighted by Gasteiger charge is 2.18. The number of hydrogen-bond donors (Lipinski definition) is 0. The lowest BCUT2D eigenvalue weighted by Gasteiger charge is -2.05. The number of carbonyl (C=O) groups is 1. The molecule has 122 valence electrons. The minimum absolute atomic E-state index is 0.213. The molecule has 3 rings (SSSR count). The van der Waals surface area contributed by atoms with Gasteiger partial charge in [0.1, 0.15) is 6.61 Å². The van der Waals surface area contributed by atoms with Gasteiger partial charge in [0.15, 0.2) is 5.69 Å². The normalized spacial score (nSPS) is 10.6. The van der Waals surface area contributed by atoms with Crippen LogP contribution in [-0.4, -0.2) is 21.0 Å². The molecule has 0 saturated heterocycles. The molecule has 1 aromatic heterocycles. The van der Waals surface area contributed by atoms with Gasteiger partial charge in [-0.15, -0.1) is 5.10 Å². The maximum atomic E-state index is 12.3. The second-order valence-corrected chi connectivity index (χ2v) is 6.39. The van der Waals surface area contributed by atoms with Crippen molar-refractivity contribution in [3.8, 4) is 5.69 Å². The zero-order chi connectivity index (χ0) is 17.1. The Labute approximate surface area is 148 Å². The van der Waals surface area contributed by atoms with Crippen LogP contribution >= 0.6 is 15.9 Å². The number of ether oxygens (including phenoxy) is 1. The summed E-state index contributed by atoms with van der Waals surface area (Å²) < 4.78 is 7.95. The van der Waals surface area contributed by atoms with Crippen LogP contribution in [0.15, 0.2) is 53.0 Å². The van der Waals surface area contributed by atoms with Gasteiger partial charge in [-0.05, 0) is 43.7 Å². The van der Waals surface area contributed by atoms with Crippen LogP contribution in [0.3, 0.4) is 0 Å². The Morgan fingerprint density at radius 3 is 2.62 bits per heavy atom. The lowest BCUT2D eigenvalue weighted by Crippen LogP contribution is -2.08. The predicted octanol–water partition coefficient (Wildman–Crippen LogP) is 4.00. The van der Waals surface area contributed by atoms with Gasteiger partial charge in [0.25, 0.3) is 0 Å². The van der Waals surface area contributed by atoms with Gasteiger partial charge in [-0.1, -0.05) is 51.0 Å². The average molecular weight is 386 g/mol. The minimum atomic E-state index is -0.475. The van der Waals surface area contributed by atoms with Crippen molar-refractivity contribution in [3.63, 3.8) is 0 Å². The van der Waals surface area contributed by atoms with E-state index in [0.717, 1.165) is 21.3 Å². The van der Waals surface area contributed by atoms with Crippen LogP contribution in [0.4, 0.5) is 0 Å². The van der Waals surface area contributed by atoms with Gasteiger partial charge in [0.05, 0.1) is 11.4 Å². The Morgan fingerprint density at radius 2 is 1.92 bits per heavy atom. The summed E-state index contributed by atoms with van der Waals surface area (Å²) >= 11 is 3.39. The van der Waals surface area contributed by atoms with E-state index in [1.807, 2.05) is 55.5 Å². The fourth-order valence-corrected chi connectivity index (χ4v) is 2.63. The van der Waals surface area contributed by atoms with E-state index >= 15 is 0 Å². The van der Waals surface area contributed by atoms with Gasteiger partial charge in [0, 0.05) is 4.47 Å². The van der Waals surface area contributed by atoms with Crippen molar-refractivity contribution in [1.29, 1.82) is 0 Å². The molecule has 2 aromatic carbocycles. The zero-order valence-corrected chi connectivity index (χ0v) is 14.9. The monoisotopic (exact) mass is 385 g/mol. The topological polar surface area (TPSA) is 57.0 Å². The van der Waals surface area contributed by atoms with Crippen LogP contribution in [0, 0.1) is 13.8 Å². The SMILES string of the molecule is Cc1cccc(COC(=O)c2nnn(-c3ccc(Br)cc3)c2C)c1. The summed E-state index contributed by atoms with van der Waals surface area (Å²) in [5.74, 6) is -0.475. The lowest BCUT2D eigenvalue weighted by molar-refractivity contribution is 0.0464. The summed E-state index contributed by atoms with van der Waals surface area (Å²) in [6.45, 7) is 4.01. The highest BCUT2D eigenvalue weighted by molar-refractivity contribution is 9.10. The number of halogens is 1. The van der Waals surface area contributed by atoms with E-state index in [2.05, 4.69) is 26.2 Å². The molecule has 5 nitrogen and oxygen atoms in total. The molecule has 0 bridgehead atoms. The van der Waals surface area contributed by atoms with Gasteiger partial charge in [-0.25, -0.2) is 9.48 Å². The second-order valence-electron chi connectivity index (χ2n) is 5.48. The maximum Gasteiger partial charge on any atom is 0.361 e. The van der Waals surface area contributed by atoms with Crippen molar-refractivity contribution in [2.24, 2.45) is 0 Å². The third-order valence-electron chi connectivity index (χ3n) is 3.61. The predicted molar refractivity (Wildman–Crippen MR) is 94.1 cm³/mol. The molecule has 0 unspecified atom stereocenters. The van der Waals surface area contributed by atoms with E-state index < -0.39 is 5.97 Å². The first kappa shape index (κ1) is 16.4. The Bertz CT molecular complexity index is 872. The number of aryl methyl sites for hydroxylation is 1. The lowest BCUT2D eigenvalue weighted by atomic mass is 10.1. The molecule has 0 atom stereocenters. The van der Waals surface area contributed by atoms with Gasteiger partial charge in [-0.3, -0.25) is 0 Å². The summed E-state index contributed by atoms with van der Waals surface area (Å²) in [4.78, 5) is 12.3. The molecular formula is C18H16BrN3O2. The molecule has 1 heterocycles. The number of benzene rings is 2. The Morgan fingerprint density at radius 1 is 1.17 bits per heavy atom. The van der Waals surface area contributed by atoms with Crippen molar-refractivity contribution in [1.82, 2.24) is 15.0 Å². The van der Waals surface area contributed by atoms with Crippen LogP contribution in [0.5, 0.6) is 0 Å². The smallest absolute Gasteiger partial charge is 0.361 e. The summed E-state index contributed by atoms with van der Waals surface area (Å²) in [7, 11) is 0. The third kappa shape index (κ3) is 3.54. The minimum Gasteiger partial charge on any atom is -0.456 e. The molecule has 0 N–H and O–H groups in total. The molecule has 0 aliphatic rings. The fourth-order valence-electron chi connectivity index (χ4n) is 2.36. The number of esters is 1. The summed E-state index contributed by atoms with van der Waals surface area (Å²) in [6.07, 6.45) is 0. The number of nitrogens with zero attached hydrogens (tertiary/aromatic N) is 3. The van der Waals surface area contributed by atoms with Crippen LogP contribution in [0.25, 0.3) is 5.69 Å². The molecule has 0 aliphatic carbocycles. The van der Waals surface area contributed by atoms with Crippen molar-refractivity contribution in [3.05, 3.63) is 75.5 Å². The molecule has 0 amide bonds. The highest BCUT2D eigenvalue weighted by Crippen LogP contribution is 2.17. The van der Waals surface area contributed by atoms with Crippen molar-refractivity contribution in [2.75, 3.05) is 0 Å². The van der Waals surface area contributed by atoms with Crippen molar-refractivity contribution < 1.29 is 9.53 Å². The number of aromatic nitrogens is 3. The Kier molecular flexibility index (Phi) is 4.76. The molecule has 0 radical (unpaired) electrons. The van der Waals surface area contributed by atoms with Crippen LogP contribution in [0.1, 0.15) is 27.3 Å². The van der Waals surface area contributed by atoms with E-state index in [-0.39, 0.29) is 12.3 Å². The second kappa shape index (κ2) is 6.97. The maximum absolute atomic E-state index is 12.3. The Balaban J connectivity index is 1.75. The van der Waals surface area contributed by atoms with Gasteiger partial charge in [-0.2, -0.15) is 0 Å². The van der Waals surface area contributed by atoms with Crippen LogP contribution < -0.4 is 0 Å². The fraction of sp³-hybridized carbons (Fsp3) is 0.167. The standard InChI is InChI=1S/C18H16BrN3O2/c1-12-4-3-5-14(10-12)11-24-18(23)17-13(2)22(21-20-17)16-8-6-15(19)7-9-16/h3-10H,11H2,1-2H3. The first-order chi connectivity index (χ1) is 11.5. The molecule has 0 fully saturated rings. The summed E-state index contributed by atoms with van der Waals surface area (Å²) in [5.41, 5.74) is 3.78. The van der Waals surface area contributed by atoms with Gasteiger partial charge < -0.3 is 4.74 Å². The summed E-state index contributed by atoms with van der Waals surface area (Å²) in [5, 5.41) is 8.03. The molecule has 0 spiro atoms. The van der Waals surface area contributed by atoms with E-state index in [4.69, 9.17) is 4.74 Å². The quantitative estimate of drug-likeness (QED) is 0.636. The average Bonchev–Trinajstić information content (AvgIpc) is 2.95. The summed E-state index contributed by atoms with van der Waals surface area (Å²) in [6, 6.07) is 15.5. The van der Waals surface area contributed by atoms with Gasteiger partial charge >= 0.3 is 5.97 Å². The van der Waals surface area contributed by atoms with Crippen molar-refractivity contribution in [2.45, 2.75) is 20.5 Å². The number of rotatable bonds is 4. The molecule has 6 heteroatoms. The highest BCUT2D eigenvalue weighted by atomic mass is 79.9. The number of carbonyl (C=O) groups excluding carboxylic acids is 1. The van der Waals surface area contributed by atoms with E-state index in [9.17, 15) is 4.79 Å².